The van der Waals surface area contributed by atoms with Crippen LogP contribution in [0.25, 0.3) is 0 Å². The minimum atomic E-state index is -0.890. The van der Waals surface area contributed by atoms with Gasteiger partial charge in [0.15, 0.2) is 6.61 Å². The van der Waals surface area contributed by atoms with E-state index in [2.05, 4.69) is 21.2 Å². The molecule has 0 bridgehead atoms. The SMILES string of the molecule is CC[C@H](C)NC(=O)C(=O)N/N=C\c1cc(Cl)ccc1OCC(=O)Nc1cc(C)ccc1C. The fourth-order valence-corrected chi connectivity index (χ4v) is 2.73. The molecule has 0 aliphatic heterocycles. The van der Waals surface area contributed by atoms with Gasteiger partial charge in [-0.3, -0.25) is 14.4 Å². The summed E-state index contributed by atoms with van der Waals surface area (Å²) >= 11 is 6.04. The van der Waals surface area contributed by atoms with Crippen molar-refractivity contribution in [3.8, 4) is 5.75 Å². The molecule has 0 aromatic heterocycles. The number of carbonyl (C=O) groups is 3. The molecule has 0 saturated carbocycles. The molecule has 0 fully saturated rings. The van der Waals surface area contributed by atoms with Crippen LogP contribution in [0.2, 0.25) is 5.02 Å². The summed E-state index contributed by atoms with van der Waals surface area (Å²) in [5.41, 5.74) is 5.28. The number of hydrazone groups is 1. The maximum Gasteiger partial charge on any atom is 0.329 e. The van der Waals surface area contributed by atoms with Crippen LogP contribution in [-0.2, 0) is 14.4 Å². The molecule has 0 aliphatic rings. The topological polar surface area (TPSA) is 109 Å². The fourth-order valence-electron chi connectivity index (χ4n) is 2.55. The van der Waals surface area contributed by atoms with Crippen LogP contribution in [0.3, 0.4) is 0 Å². The van der Waals surface area contributed by atoms with Gasteiger partial charge in [-0.25, -0.2) is 5.43 Å². The van der Waals surface area contributed by atoms with Crippen LogP contribution in [0.5, 0.6) is 5.75 Å². The van der Waals surface area contributed by atoms with E-state index in [-0.39, 0.29) is 18.6 Å². The molecule has 0 heterocycles. The highest BCUT2D eigenvalue weighted by Gasteiger charge is 2.14. The number of hydrogen-bond donors (Lipinski definition) is 3. The summed E-state index contributed by atoms with van der Waals surface area (Å²) < 4.78 is 5.61. The number of halogens is 1. The van der Waals surface area contributed by atoms with Gasteiger partial charge in [-0.05, 0) is 62.6 Å². The van der Waals surface area contributed by atoms with Gasteiger partial charge in [0, 0.05) is 22.3 Å². The fraction of sp³-hybridized carbons (Fsp3) is 0.304. The highest BCUT2D eigenvalue weighted by molar-refractivity contribution is 6.35. The van der Waals surface area contributed by atoms with Gasteiger partial charge in [0.2, 0.25) is 0 Å². The molecule has 0 radical (unpaired) electrons. The number of rotatable bonds is 8. The molecule has 8 nitrogen and oxygen atoms in total. The van der Waals surface area contributed by atoms with E-state index in [1.165, 1.54) is 6.21 Å². The number of ether oxygens (including phenoxy) is 1. The van der Waals surface area contributed by atoms with Crippen LogP contribution in [0.15, 0.2) is 41.5 Å². The van der Waals surface area contributed by atoms with Crippen molar-refractivity contribution in [2.45, 2.75) is 40.2 Å². The number of amides is 3. The lowest BCUT2D eigenvalue weighted by atomic mass is 10.1. The number of carbonyl (C=O) groups excluding carboxylic acids is 3. The molecule has 3 amide bonds. The van der Waals surface area contributed by atoms with E-state index in [1.54, 1.807) is 25.1 Å². The zero-order valence-electron chi connectivity index (χ0n) is 18.5. The largest absolute Gasteiger partial charge is 0.483 e. The second-order valence-electron chi connectivity index (χ2n) is 7.32. The quantitative estimate of drug-likeness (QED) is 0.320. The Morgan fingerprint density at radius 2 is 1.88 bits per heavy atom. The van der Waals surface area contributed by atoms with E-state index in [0.29, 0.717) is 22.8 Å². The van der Waals surface area contributed by atoms with Gasteiger partial charge in [0.05, 0.1) is 6.21 Å². The Kier molecular flexibility index (Phi) is 9.22. The number of benzene rings is 2. The third-order valence-corrected chi connectivity index (χ3v) is 4.80. The van der Waals surface area contributed by atoms with Crippen LogP contribution >= 0.6 is 11.6 Å². The second-order valence-corrected chi connectivity index (χ2v) is 7.76. The van der Waals surface area contributed by atoms with Gasteiger partial charge in [-0.1, -0.05) is 30.7 Å². The van der Waals surface area contributed by atoms with Crippen molar-refractivity contribution in [2.75, 3.05) is 11.9 Å². The van der Waals surface area contributed by atoms with E-state index < -0.39 is 11.8 Å². The molecule has 32 heavy (non-hydrogen) atoms. The lowest BCUT2D eigenvalue weighted by Crippen LogP contribution is -2.41. The molecule has 1 atom stereocenters. The first-order valence-electron chi connectivity index (χ1n) is 10.1. The third-order valence-electron chi connectivity index (χ3n) is 4.56. The molecule has 0 aliphatic carbocycles. The van der Waals surface area contributed by atoms with Gasteiger partial charge >= 0.3 is 11.8 Å². The van der Waals surface area contributed by atoms with E-state index >= 15 is 0 Å². The van der Waals surface area contributed by atoms with Gasteiger partial charge < -0.3 is 15.4 Å². The summed E-state index contributed by atoms with van der Waals surface area (Å²) in [6, 6.07) is 10.4. The molecule has 9 heteroatoms. The molecular formula is C23H27ClN4O4. The summed E-state index contributed by atoms with van der Waals surface area (Å²) in [6.07, 6.45) is 1.99. The first kappa shape index (κ1) is 24.9. The van der Waals surface area contributed by atoms with Gasteiger partial charge in [0.1, 0.15) is 5.75 Å². The molecule has 0 unspecified atom stereocenters. The van der Waals surface area contributed by atoms with Gasteiger partial charge in [-0.2, -0.15) is 5.10 Å². The second kappa shape index (κ2) is 11.9. The molecule has 2 aromatic carbocycles. The number of nitrogens with one attached hydrogen (secondary N) is 3. The zero-order valence-corrected chi connectivity index (χ0v) is 19.2. The van der Waals surface area contributed by atoms with Crippen molar-refractivity contribution < 1.29 is 19.1 Å². The minimum absolute atomic E-state index is 0.125. The van der Waals surface area contributed by atoms with Crippen molar-refractivity contribution in [1.29, 1.82) is 0 Å². The first-order chi connectivity index (χ1) is 15.2. The Morgan fingerprint density at radius 3 is 2.59 bits per heavy atom. The van der Waals surface area contributed by atoms with Gasteiger partial charge in [0.25, 0.3) is 5.91 Å². The third kappa shape index (κ3) is 7.70. The van der Waals surface area contributed by atoms with E-state index in [1.807, 2.05) is 39.0 Å². The smallest absolute Gasteiger partial charge is 0.329 e. The normalized spacial score (nSPS) is 11.7. The highest BCUT2D eigenvalue weighted by atomic mass is 35.5. The summed E-state index contributed by atoms with van der Waals surface area (Å²) in [5.74, 6) is -1.65. The molecule has 3 N–H and O–H groups in total. The maximum absolute atomic E-state index is 12.3. The Hall–Kier alpha value is -3.39. The van der Waals surface area contributed by atoms with Crippen LogP contribution in [0.1, 0.15) is 37.0 Å². The number of anilines is 1. The first-order valence-corrected chi connectivity index (χ1v) is 10.5. The molecular weight excluding hydrogens is 432 g/mol. The Morgan fingerprint density at radius 1 is 1.12 bits per heavy atom. The predicted octanol–water partition coefficient (Wildman–Crippen LogP) is 3.34. The summed E-state index contributed by atoms with van der Waals surface area (Å²) in [7, 11) is 0. The lowest BCUT2D eigenvalue weighted by molar-refractivity contribution is -0.139. The van der Waals surface area contributed by atoms with Crippen LogP contribution in [-0.4, -0.2) is 36.6 Å². The minimum Gasteiger partial charge on any atom is -0.483 e. The number of hydrogen-bond acceptors (Lipinski definition) is 5. The van der Waals surface area contributed by atoms with Crippen molar-refractivity contribution in [3.05, 3.63) is 58.1 Å². The predicted molar refractivity (Wildman–Crippen MR) is 125 cm³/mol. The van der Waals surface area contributed by atoms with E-state index in [4.69, 9.17) is 16.3 Å². The Balaban J connectivity index is 1.99. The number of nitrogens with zero attached hydrogens (tertiary/aromatic N) is 1. The molecule has 0 spiro atoms. The number of aryl methyl sites for hydroxylation is 2. The maximum atomic E-state index is 12.3. The van der Waals surface area contributed by atoms with Crippen molar-refractivity contribution in [1.82, 2.24) is 10.7 Å². The monoisotopic (exact) mass is 458 g/mol. The molecule has 2 aromatic rings. The zero-order chi connectivity index (χ0) is 23.7. The Bertz CT molecular complexity index is 1020. The van der Waals surface area contributed by atoms with Crippen LogP contribution < -0.4 is 20.8 Å². The highest BCUT2D eigenvalue weighted by Crippen LogP contribution is 2.22. The van der Waals surface area contributed by atoms with Crippen molar-refractivity contribution in [2.24, 2.45) is 5.10 Å². The summed E-state index contributed by atoms with van der Waals surface area (Å²) in [5, 5.41) is 9.57. The molecule has 170 valence electrons. The molecule has 2 rings (SSSR count). The average molecular weight is 459 g/mol. The lowest BCUT2D eigenvalue weighted by Gasteiger charge is -2.12. The summed E-state index contributed by atoms with van der Waals surface area (Å²) in [6.45, 7) is 7.29. The Labute approximate surface area is 192 Å². The molecule has 0 saturated heterocycles. The summed E-state index contributed by atoms with van der Waals surface area (Å²) in [4.78, 5) is 35.9. The van der Waals surface area contributed by atoms with Crippen molar-refractivity contribution >= 4 is 41.2 Å². The van der Waals surface area contributed by atoms with Crippen LogP contribution in [0.4, 0.5) is 5.69 Å². The van der Waals surface area contributed by atoms with E-state index in [0.717, 1.165) is 16.8 Å². The van der Waals surface area contributed by atoms with Crippen LogP contribution in [0, 0.1) is 13.8 Å². The van der Waals surface area contributed by atoms with E-state index in [9.17, 15) is 14.4 Å². The van der Waals surface area contributed by atoms with Crippen molar-refractivity contribution in [3.63, 3.8) is 0 Å². The average Bonchev–Trinajstić information content (AvgIpc) is 2.75. The van der Waals surface area contributed by atoms with Gasteiger partial charge in [-0.15, -0.1) is 0 Å². The standard InChI is InChI=1S/C23H27ClN4O4/c1-5-16(4)26-22(30)23(31)28-25-12-17-11-18(24)8-9-20(17)32-13-21(29)27-19-10-14(2)6-7-15(19)3/h6-12,16H,5,13H2,1-4H3,(H,26,30)(H,27,29)(H,28,31)/b25-12-/t16-/m0/s1.